The van der Waals surface area contributed by atoms with Gasteiger partial charge in [-0.05, 0) is 37.0 Å². The van der Waals surface area contributed by atoms with Crippen LogP contribution in [-0.4, -0.2) is 12.6 Å². The van der Waals surface area contributed by atoms with Crippen LogP contribution in [0.5, 0.6) is 0 Å². The molecule has 0 saturated heterocycles. The summed E-state index contributed by atoms with van der Waals surface area (Å²) in [6, 6.07) is 7.71. The van der Waals surface area contributed by atoms with E-state index in [9.17, 15) is 4.79 Å². The van der Waals surface area contributed by atoms with Crippen LogP contribution in [0, 0.1) is 6.92 Å². The number of hydrogen-bond donors (Lipinski definition) is 0. The average molecular weight is 418 g/mol. The van der Waals surface area contributed by atoms with Crippen molar-refractivity contribution in [2.75, 3.05) is 6.61 Å². The second kappa shape index (κ2) is 19.6. The van der Waals surface area contributed by atoms with Crippen molar-refractivity contribution in [2.24, 2.45) is 0 Å². The Morgan fingerprint density at radius 2 is 1.27 bits per heavy atom. The van der Waals surface area contributed by atoms with Gasteiger partial charge < -0.3 is 0 Å². The number of rotatable bonds is 20. The summed E-state index contributed by atoms with van der Waals surface area (Å²) in [5, 5.41) is 0. The van der Waals surface area contributed by atoms with E-state index in [4.69, 9.17) is 9.78 Å². The first-order chi connectivity index (χ1) is 14.8. The lowest BCUT2D eigenvalue weighted by Gasteiger charge is -2.06. The lowest BCUT2D eigenvalue weighted by Crippen LogP contribution is -2.07. The van der Waals surface area contributed by atoms with Crippen LogP contribution in [0.1, 0.15) is 126 Å². The van der Waals surface area contributed by atoms with E-state index in [0.717, 1.165) is 25.7 Å². The van der Waals surface area contributed by atoms with Crippen molar-refractivity contribution in [1.82, 2.24) is 0 Å². The number of carbonyl (C=O) groups is 1. The molecule has 0 aliphatic heterocycles. The van der Waals surface area contributed by atoms with Crippen LogP contribution < -0.4 is 0 Å². The third-order valence-corrected chi connectivity index (χ3v) is 5.62. The Kier molecular flexibility index (Phi) is 17.4. The fourth-order valence-electron chi connectivity index (χ4n) is 3.64. The fourth-order valence-corrected chi connectivity index (χ4v) is 3.64. The topological polar surface area (TPSA) is 35.5 Å². The number of aryl methyl sites for hydroxylation is 1. The molecule has 1 rings (SSSR count). The van der Waals surface area contributed by atoms with Crippen LogP contribution in [0.3, 0.4) is 0 Å². The van der Waals surface area contributed by atoms with Crippen molar-refractivity contribution in [3.63, 3.8) is 0 Å². The Labute approximate surface area is 185 Å². The SMILES string of the molecule is [CH2]CCCCCCCCCCCCCOOC(=O)c1ccc(CCCCCC)cc1. The predicted molar refractivity (Wildman–Crippen MR) is 126 cm³/mol. The zero-order chi connectivity index (χ0) is 21.7. The third kappa shape index (κ3) is 14.6. The van der Waals surface area contributed by atoms with Gasteiger partial charge in [-0.25, -0.2) is 4.79 Å². The summed E-state index contributed by atoms with van der Waals surface area (Å²) in [6.45, 7) is 6.59. The minimum Gasteiger partial charge on any atom is -0.293 e. The first-order valence-electron chi connectivity index (χ1n) is 12.5. The molecule has 3 nitrogen and oxygen atoms in total. The molecule has 0 amide bonds. The van der Waals surface area contributed by atoms with Crippen molar-refractivity contribution in [2.45, 2.75) is 116 Å². The minimum absolute atomic E-state index is 0.400. The summed E-state index contributed by atoms with van der Waals surface area (Å²) in [7, 11) is 0. The Bertz CT molecular complexity index is 509. The Morgan fingerprint density at radius 1 is 0.733 bits per heavy atom. The maximum absolute atomic E-state index is 12.0. The standard InChI is InChI=1S/C27H45O3/c1-3-5-7-9-10-11-12-13-14-15-16-18-24-29-30-27(28)26-22-20-25(21-23-26)19-17-8-6-4-2/h20-23H,1,3-19,24H2,2H3. The van der Waals surface area contributed by atoms with Crippen LogP contribution in [0.2, 0.25) is 0 Å². The van der Waals surface area contributed by atoms with Crippen molar-refractivity contribution in [1.29, 1.82) is 0 Å². The van der Waals surface area contributed by atoms with Crippen molar-refractivity contribution < 1.29 is 14.6 Å². The Hall–Kier alpha value is -1.35. The Morgan fingerprint density at radius 3 is 1.83 bits per heavy atom. The van der Waals surface area contributed by atoms with Gasteiger partial charge in [-0.2, -0.15) is 4.89 Å². The van der Waals surface area contributed by atoms with Gasteiger partial charge in [0.25, 0.3) is 0 Å². The zero-order valence-corrected chi connectivity index (χ0v) is 19.5. The zero-order valence-electron chi connectivity index (χ0n) is 19.5. The summed E-state index contributed by atoms with van der Waals surface area (Å²) in [5.74, 6) is -0.400. The average Bonchev–Trinajstić information content (AvgIpc) is 2.77. The molecule has 0 N–H and O–H groups in total. The molecule has 0 aliphatic rings. The van der Waals surface area contributed by atoms with E-state index in [1.807, 2.05) is 24.3 Å². The molecule has 0 aliphatic carbocycles. The normalized spacial score (nSPS) is 11.0. The molecule has 0 spiro atoms. The third-order valence-electron chi connectivity index (χ3n) is 5.62. The van der Waals surface area contributed by atoms with Crippen LogP contribution >= 0.6 is 0 Å². The van der Waals surface area contributed by atoms with Crippen molar-refractivity contribution in [3.05, 3.63) is 42.3 Å². The summed E-state index contributed by atoms with van der Waals surface area (Å²) in [6.07, 6.45) is 21.2. The van der Waals surface area contributed by atoms with Gasteiger partial charge in [0, 0.05) is 0 Å². The number of unbranched alkanes of at least 4 members (excludes halogenated alkanes) is 14. The quantitative estimate of drug-likeness (QED) is 0.121. The van der Waals surface area contributed by atoms with Gasteiger partial charge in [0.2, 0.25) is 0 Å². The van der Waals surface area contributed by atoms with Crippen molar-refractivity contribution >= 4 is 5.97 Å². The second-order valence-corrected chi connectivity index (χ2v) is 8.44. The molecule has 0 atom stereocenters. The van der Waals surface area contributed by atoms with Gasteiger partial charge in [0.15, 0.2) is 0 Å². The monoisotopic (exact) mass is 417 g/mol. The largest absolute Gasteiger partial charge is 0.373 e. The first-order valence-corrected chi connectivity index (χ1v) is 12.5. The fraction of sp³-hybridized carbons (Fsp3) is 0.704. The summed E-state index contributed by atoms with van der Waals surface area (Å²) in [4.78, 5) is 22.1. The van der Waals surface area contributed by atoms with Gasteiger partial charge in [-0.1, -0.05) is 116 Å². The van der Waals surface area contributed by atoms with Gasteiger partial charge in [-0.3, -0.25) is 4.89 Å². The molecule has 0 fully saturated rings. The second-order valence-electron chi connectivity index (χ2n) is 8.44. The molecule has 0 heterocycles. The highest BCUT2D eigenvalue weighted by atomic mass is 17.2. The molecule has 1 aromatic carbocycles. The van der Waals surface area contributed by atoms with E-state index in [0.29, 0.717) is 12.2 Å². The molecular formula is C27H45O3. The van der Waals surface area contributed by atoms with E-state index in [1.165, 1.54) is 89.0 Å². The van der Waals surface area contributed by atoms with E-state index < -0.39 is 5.97 Å². The van der Waals surface area contributed by atoms with Crippen molar-refractivity contribution in [3.8, 4) is 0 Å². The molecule has 171 valence electrons. The maximum atomic E-state index is 12.0. The van der Waals surface area contributed by atoms with Gasteiger partial charge in [0.05, 0.1) is 12.2 Å². The molecule has 0 unspecified atom stereocenters. The highest BCUT2D eigenvalue weighted by Gasteiger charge is 2.08. The van der Waals surface area contributed by atoms with E-state index in [1.54, 1.807) is 0 Å². The number of carbonyl (C=O) groups excluding carboxylic acids is 1. The smallest absolute Gasteiger partial charge is 0.293 e. The molecule has 0 aromatic heterocycles. The number of hydrogen-bond acceptors (Lipinski definition) is 3. The molecule has 1 radical (unpaired) electrons. The highest BCUT2D eigenvalue weighted by Crippen LogP contribution is 2.13. The lowest BCUT2D eigenvalue weighted by atomic mass is 10.0. The van der Waals surface area contributed by atoms with Crippen LogP contribution in [0.4, 0.5) is 0 Å². The predicted octanol–water partition coefficient (Wildman–Crippen LogP) is 8.41. The van der Waals surface area contributed by atoms with Gasteiger partial charge in [-0.15, -0.1) is 0 Å². The summed E-state index contributed by atoms with van der Waals surface area (Å²) in [5.41, 5.74) is 1.83. The molecule has 3 heteroatoms. The molecular weight excluding hydrogens is 372 g/mol. The minimum atomic E-state index is -0.400. The highest BCUT2D eigenvalue weighted by molar-refractivity contribution is 5.88. The number of benzene rings is 1. The van der Waals surface area contributed by atoms with Gasteiger partial charge >= 0.3 is 5.97 Å². The summed E-state index contributed by atoms with van der Waals surface area (Å²) < 4.78 is 0. The van der Waals surface area contributed by atoms with Crippen LogP contribution in [-0.2, 0) is 16.2 Å². The van der Waals surface area contributed by atoms with E-state index in [-0.39, 0.29) is 0 Å². The molecule has 0 saturated carbocycles. The maximum Gasteiger partial charge on any atom is 0.373 e. The Balaban J connectivity index is 1.94. The summed E-state index contributed by atoms with van der Waals surface area (Å²) >= 11 is 0. The lowest BCUT2D eigenvalue weighted by molar-refractivity contribution is -0.241. The van der Waals surface area contributed by atoms with E-state index in [2.05, 4.69) is 13.8 Å². The van der Waals surface area contributed by atoms with E-state index >= 15 is 0 Å². The first kappa shape index (κ1) is 26.7. The van der Waals surface area contributed by atoms with Crippen LogP contribution in [0.15, 0.2) is 24.3 Å². The molecule has 30 heavy (non-hydrogen) atoms. The van der Waals surface area contributed by atoms with Gasteiger partial charge in [0.1, 0.15) is 0 Å². The van der Waals surface area contributed by atoms with Crippen LogP contribution in [0.25, 0.3) is 0 Å². The molecule has 0 bridgehead atoms. The molecule has 1 aromatic rings.